The van der Waals surface area contributed by atoms with E-state index in [1.165, 1.54) is 29.7 Å². The van der Waals surface area contributed by atoms with Crippen molar-refractivity contribution in [2.75, 3.05) is 19.7 Å². The average molecular weight is 259 g/mol. The highest BCUT2D eigenvalue weighted by molar-refractivity contribution is 5.46. The van der Waals surface area contributed by atoms with Crippen LogP contribution in [0.3, 0.4) is 0 Å². The summed E-state index contributed by atoms with van der Waals surface area (Å²) in [6.07, 6.45) is 3.78. The quantitative estimate of drug-likeness (QED) is 0.875. The van der Waals surface area contributed by atoms with Crippen LogP contribution < -0.4 is 10.1 Å². The van der Waals surface area contributed by atoms with Crippen LogP contribution in [0.1, 0.15) is 43.7 Å². The maximum absolute atomic E-state index is 5.86. The second-order valence-corrected chi connectivity index (χ2v) is 6.43. The molecule has 1 aromatic rings. The fourth-order valence-electron chi connectivity index (χ4n) is 3.31. The first-order valence-electron chi connectivity index (χ1n) is 7.71. The lowest BCUT2D eigenvalue weighted by Gasteiger charge is -2.38. The van der Waals surface area contributed by atoms with Crippen molar-refractivity contribution in [3.05, 3.63) is 29.3 Å². The Morgan fingerprint density at radius 3 is 2.95 bits per heavy atom. The maximum Gasteiger partial charge on any atom is 0.126 e. The molecule has 104 valence electrons. The monoisotopic (exact) mass is 259 g/mol. The summed E-state index contributed by atoms with van der Waals surface area (Å²) in [5.41, 5.74) is 2.89. The second-order valence-electron chi connectivity index (χ2n) is 6.43. The standard InChI is InChI=1S/C17H25NO/c1-12(2)10-18-11-14-6-7-15(14)16-5-3-4-13-8-9-19-17(13)16/h3-5,12,14-15,18H,6-11H2,1-2H3. The summed E-state index contributed by atoms with van der Waals surface area (Å²) >= 11 is 0. The normalized spacial score (nSPS) is 25.0. The molecule has 0 radical (unpaired) electrons. The molecule has 1 aliphatic heterocycles. The Bertz CT molecular complexity index is 441. The first kappa shape index (κ1) is 13.0. The van der Waals surface area contributed by atoms with Crippen LogP contribution in [0.2, 0.25) is 0 Å². The largest absolute Gasteiger partial charge is 0.493 e. The lowest BCUT2D eigenvalue weighted by molar-refractivity contribution is 0.236. The van der Waals surface area contributed by atoms with Gasteiger partial charge in [-0.15, -0.1) is 0 Å². The van der Waals surface area contributed by atoms with Crippen molar-refractivity contribution >= 4 is 0 Å². The van der Waals surface area contributed by atoms with Crippen molar-refractivity contribution in [1.82, 2.24) is 5.32 Å². The summed E-state index contributed by atoms with van der Waals surface area (Å²) in [7, 11) is 0. The Morgan fingerprint density at radius 1 is 1.32 bits per heavy atom. The number of para-hydroxylation sites is 1. The summed E-state index contributed by atoms with van der Waals surface area (Å²) in [6.45, 7) is 7.70. The van der Waals surface area contributed by atoms with Gasteiger partial charge in [-0.1, -0.05) is 32.0 Å². The van der Waals surface area contributed by atoms with Gasteiger partial charge in [0.15, 0.2) is 0 Å². The van der Waals surface area contributed by atoms with Crippen LogP contribution in [-0.4, -0.2) is 19.7 Å². The van der Waals surface area contributed by atoms with E-state index in [2.05, 4.69) is 37.4 Å². The van der Waals surface area contributed by atoms with Crippen molar-refractivity contribution in [3.63, 3.8) is 0 Å². The van der Waals surface area contributed by atoms with Gasteiger partial charge in [-0.05, 0) is 54.8 Å². The lowest BCUT2D eigenvalue weighted by Crippen LogP contribution is -2.35. The maximum atomic E-state index is 5.86. The second kappa shape index (κ2) is 5.54. The molecule has 3 rings (SSSR count). The molecule has 1 aromatic carbocycles. The van der Waals surface area contributed by atoms with E-state index in [0.29, 0.717) is 5.92 Å². The molecule has 1 fully saturated rings. The fraction of sp³-hybridized carbons (Fsp3) is 0.647. The van der Waals surface area contributed by atoms with Gasteiger partial charge in [-0.25, -0.2) is 0 Å². The molecule has 0 spiro atoms. The first-order chi connectivity index (χ1) is 9.25. The van der Waals surface area contributed by atoms with E-state index in [-0.39, 0.29) is 0 Å². The van der Waals surface area contributed by atoms with Crippen LogP contribution in [0.5, 0.6) is 5.75 Å². The molecule has 0 amide bonds. The Labute approximate surface area is 116 Å². The van der Waals surface area contributed by atoms with Gasteiger partial charge in [0.1, 0.15) is 5.75 Å². The molecule has 0 aromatic heterocycles. The van der Waals surface area contributed by atoms with Crippen LogP contribution in [0.4, 0.5) is 0 Å². The highest BCUT2D eigenvalue weighted by Crippen LogP contribution is 2.47. The molecule has 1 saturated carbocycles. The summed E-state index contributed by atoms with van der Waals surface area (Å²) < 4.78 is 5.86. The van der Waals surface area contributed by atoms with Crippen molar-refractivity contribution in [3.8, 4) is 5.75 Å². The third kappa shape index (κ3) is 2.64. The zero-order valence-corrected chi connectivity index (χ0v) is 12.1. The molecule has 2 unspecified atom stereocenters. The smallest absolute Gasteiger partial charge is 0.126 e. The van der Waals surface area contributed by atoms with Crippen LogP contribution in [0.15, 0.2) is 18.2 Å². The SMILES string of the molecule is CC(C)CNCC1CCC1c1cccc2c1OCC2. The predicted octanol–water partition coefficient (Wildman–Crippen LogP) is 3.36. The number of benzene rings is 1. The van der Waals surface area contributed by atoms with E-state index in [9.17, 15) is 0 Å². The molecule has 0 saturated heterocycles. The minimum absolute atomic E-state index is 0.715. The number of hydrogen-bond donors (Lipinski definition) is 1. The third-order valence-corrected chi connectivity index (χ3v) is 4.52. The third-order valence-electron chi connectivity index (χ3n) is 4.52. The van der Waals surface area contributed by atoms with E-state index in [4.69, 9.17) is 4.74 Å². The Hall–Kier alpha value is -1.02. The van der Waals surface area contributed by atoms with E-state index < -0.39 is 0 Å². The highest BCUT2D eigenvalue weighted by atomic mass is 16.5. The van der Waals surface area contributed by atoms with E-state index in [1.807, 2.05) is 0 Å². The van der Waals surface area contributed by atoms with E-state index in [0.717, 1.165) is 38.0 Å². The zero-order valence-electron chi connectivity index (χ0n) is 12.1. The zero-order chi connectivity index (χ0) is 13.2. The van der Waals surface area contributed by atoms with Gasteiger partial charge < -0.3 is 10.1 Å². The molecule has 2 atom stereocenters. The summed E-state index contributed by atoms with van der Waals surface area (Å²) in [5, 5.41) is 3.61. The molecular formula is C17H25NO. The van der Waals surface area contributed by atoms with Crippen molar-refractivity contribution in [2.45, 2.75) is 39.0 Å². The van der Waals surface area contributed by atoms with Crippen LogP contribution >= 0.6 is 0 Å². The average Bonchev–Trinajstić information content (AvgIpc) is 2.82. The lowest BCUT2D eigenvalue weighted by atomic mass is 9.69. The Kier molecular flexibility index (Phi) is 3.79. The molecule has 19 heavy (non-hydrogen) atoms. The molecule has 0 bridgehead atoms. The van der Waals surface area contributed by atoms with Gasteiger partial charge >= 0.3 is 0 Å². The van der Waals surface area contributed by atoms with E-state index in [1.54, 1.807) is 0 Å². The fourth-order valence-corrected chi connectivity index (χ4v) is 3.31. The topological polar surface area (TPSA) is 21.3 Å². The first-order valence-corrected chi connectivity index (χ1v) is 7.71. The van der Waals surface area contributed by atoms with Gasteiger partial charge in [0.25, 0.3) is 0 Å². The Balaban J connectivity index is 1.65. The number of fused-ring (bicyclic) bond motifs is 1. The molecular weight excluding hydrogens is 234 g/mol. The van der Waals surface area contributed by atoms with Crippen molar-refractivity contribution < 1.29 is 4.74 Å². The van der Waals surface area contributed by atoms with Crippen molar-refractivity contribution in [2.24, 2.45) is 11.8 Å². The number of ether oxygens (including phenoxy) is 1. The number of hydrogen-bond acceptors (Lipinski definition) is 2. The minimum Gasteiger partial charge on any atom is -0.493 e. The van der Waals surface area contributed by atoms with Gasteiger partial charge in [0, 0.05) is 6.42 Å². The van der Waals surface area contributed by atoms with E-state index >= 15 is 0 Å². The van der Waals surface area contributed by atoms with Gasteiger partial charge in [-0.3, -0.25) is 0 Å². The van der Waals surface area contributed by atoms with Crippen LogP contribution in [0, 0.1) is 11.8 Å². The van der Waals surface area contributed by atoms with Crippen LogP contribution in [-0.2, 0) is 6.42 Å². The van der Waals surface area contributed by atoms with Crippen LogP contribution in [0.25, 0.3) is 0 Å². The minimum atomic E-state index is 0.715. The molecule has 2 heteroatoms. The summed E-state index contributed by atoms with van der Waals surface area (Å²) in [6, 6.07) is 6.71. The molecule has 1 aliphatic carbocycles. The molecule has 2 aliphatic rings. The van der Waals surface area contributed by atoms with Crippen molar-refractivity contribution in [1.29, 1.82) is 0 Å². The van der Waals surface area contributed by atoms with Gasteiger partial charge in [-0.2, -0.15) is 0 Å². The predicted molar refractivity (Wildman–Crippen MR) is 78.8 cm³/mol. The molecule has 1 heterocycles. The highest BCUT2D eigenvalue weighted by Gasteiger charge is 2.34. The summed E-state index contributed by atoms with van der Waals surface area (Å²) in [5.74, 6) is 3.46. The van der Waals surface area contributed by atoms with Gasteiger partial charge in [0.2, 0.25) is 0 Å². The molecule has 1 N–H and O–H groups in total. The van der Waals surface area contributed by atoms with Gasteiger partial charge in [0.05, 0.1) is 6.61 Å². The number of rotatable bonds is 5. The number of nitrogens with one attached hydrogen (secondary N) is 1. The summed E-state index contributed by atoms with van der Waals surface area (Å²) in [4.78, 5) is 0. The Morgan fingerprint density at radius 2 is 2.21 bits per heavy atom. The molecule has 2 nitrogen and oxygen atoms in total.